The number of rotatable bonds is 4. The number of benzene rings is 1. The van der Waals surface area contributed by atoms with Crippen molar-refractivity contribution in [1.82, 2.24) is 4.98 Å². The van der Waals surface area contributed by atoms with Gasteiger partial charge < -0.3 is 9.47 Å². The SMILES string of the molecule is CCOC(=O)c1cc2cc(Br)cc(C)c2nc1C(=O)OCC. The average molecular weight is 366 g/mol. The van der Waals surface area contributed by atoms with Crippen LogP contribution in [0.15, 0.2) is 22.7 Å². The number of hydrogen-bond acceptors (Lipinski definition) is 5. The van der Waals surface area contributed by atoms with E-state index >= 15 is 0 Å². The Morgan fingerprint density at radius 2 is 1.73 bits per heavy atom. The second-order valence-electron chi connectivity index (χ2n) is 4.62. The average Bonchev–Trinajstić information content (AvgIpc) is 2.46. The minimum atomic E-state index is -0.630. The van der Waals surface area contributed by atoms with Crippen LogP contribution in [0.5, 0.6) is 0 Å². The zero-order valence-electron chi connectivity index (χ0n) is 12.6. The maximum absolute atomic E-state index is 12.1. The lowest BCUT2D eigenvalue weighted by Crippen LogP contribution is -2.16. The summed E-state index contributed by atoms with van der Waals surface area (Å²) in [5, 5.41) is 0.753. The second kappa shape index (κ2) is 6.87. The molecule has 0 unspecified atom stereocenters. The highest BCUT2D eigenvalue weighted by Gasteiger charge is 2.22. The molecule has 0 aliphatic rings. The first kappa shape index (κ1) is 16.4. The molecule has 0 fully saturated rings. The number of nitrogens with zero attached hydrogens (tertiary/aromatic N) is 1. The van der Waals surface area contributed by atoms with Gasteiger partial charge in [0.2, 0.25) is 0 Å². The summed E-state index contributed by atoms with van der Waals surface area (Å²) in [7, 11) is 0. The fourth-order valence-corrected chi connectivity index (χ4v) is 2.73. The molecule has 6 heteroatoms. The van der Waals surface area contributed by atoms with Gasteiger partial charge in [0.1, 0.15) is 0 Å². The molecule has 1 heterocycles. The van der Waals surface area contributed by atoms with Crippen molar-refractivity contribution in [2.24, 2.45) is 0 Å². The molecule has 1 aromatic carbocycles. The number of pyridine rings is 1. The highest BCUT2D eigenvalue weighted by molar-refractivity contribution is 9.10. The Hall–Kier alpha value is -1.95. The van der Waals surface area contributed by atoms with Crippen molar-refractivity contribution in [1.29, 1.82) is 0 Å². The van der Waals surface area contributed by atoms with Crippen LogP contribution < -0.4 is 0 Å². The van der Waals surface area contributed by atoms with Crippen LogP contribution in [0, 0.1) is 6.92 Å². The summed E-state index contributed by atoms with van der Waals surface area (Å²) in [6.07, 6.45) is 0. The van der Waals surface area contributed by atoms with E-state index in [2.05, 4.69) is 20.9 Å². The van der Waals surface area contributed by atoms with Gasteiger partial charge in [-0.05, 0) is 44.5 Å². The van der Waals surface area contributed by atoms with E-state index in [4.69, 9.17) is 9.47 Å². The summed E-state index contributed by atoms with van der Waals surface area (Å²) in [6, 6.07) is 5.35. The molecule has 0 N–H and O–H groups in total. The van der Waals surface area contributed by atoms with Gasteiger partial charge in [0.25, 0.3) is 0 Å². The molecule has 0 amide bonds. The molecule has 0 bridgehead atoms. The molecule has 0 aliphatic carbocycles. The summed E-state index contributed by atoms with van der Waals surface area (Å²) in [6.45, 7) is 5.72. The lowest BCUT2D eigenvalue weighted by molar-refractivity contribution is 0.0474. The predicted molar refractivity (Wildman–Crippen MR) is 86.1 cm³/mol. The third-order valence-electron chi connectivity index (χ3n) is 3.04. The number of halogens is 1. The highest BCUT2D eigenvalue weighted by atomic mass is 79.9. The van der Waals surface area contributed by atoms with E-state index in [-0.39, 0.29) is 24.5 Å². The molecule has 2 aromatic rings. The van der Waals surface area contributed by atoms with Gasteiger partial charge in [-0.1, -0.05) is 15.9 Å². The monoisotopic (exact) mass is 365 g/mol. The Morgan fingerprint density at radius 3 is 2.36 bits per heavy atom. The minimum Gasteiger partial charge on any atom is -0.462 e. The van der Waals surface area contributed by atoms with Crippen LogP contribution in [0.1, 0.15) is 40.3 Å². The van der Waals surface area contributed by atoms with Crippen molar-refractivity contribution < 1.29 is 19.1 Å². The number of carbonyl (C=O) groups excluding carboxylic acids is 2. The van der Waals surface area contributed by atoms with Crippen molar-refractivity contribution in [3.05, 3.63) is 39.5 Å². The molecule has 116 valence electrons. The summed E-state index contributed by atoms with van der Waals surface area (Å²) in [5.41, 5.74) is 1.65. The molecule has 0 saturated heterocycles. The van der Waals surface area contributed by atoms with E-state index in [9.17, 15) is 9.59 Å². The van der Waals surface area contributed by atoms with E-state index in [1.807, 2.05) is 19.1 Å². The zero-order valence-corrected chi connectivity index (χ0v) is 14.2. The third kappa shape index (κ3) is 3.27. The van der Waals surface area contributed by atoms with Crippen molar-refractivity contribution in [3.8, 4) is 0 Å². The largest absolute Gasteiger partial charge is 0.462 e. The van der Waals surface area contributed by atoms with Crippen LogP contribution in [0.2, 0.25) is 0 Å². The van der Waals surface area contributed by atoms with Crippen molar-refractivity contribution in [3.63, 3.8) is 0 Å². The summed E-state index contributed by atoms with van der Waals surface area (Å²) in [4.78, 5) is 28.5. The summed E-state index contributed by atoms with van der Waals surface area (Å²) in [5.74, 6) is -1.22. The van der Waals surface area contributed by atoms with Gasteiger partial charge in [-0.15, -0.1) is 0 Å². The van der Waals surface area contributed by atoms with Crippen molar-refractivity contribution >= 4 is 38.8 Å². The smallest absolute Gasteiger partial charge is 0.357 e. The topological polar surface area (TPSA) is 65.5 Å². The van der Waals surface area contributed by atoms with Crippen LogP contribution in [0.25, 0.3) is 10.9 Å². The van der Waals surface area contributed by atoms with Gasteiger partial charge in [0.15, 0.2) is 5.69 Å². The molecular formula is C16H16BrNO4. The van der Waals surface area contributed by atoms with Crippen LogP contribution in [0.3, 0.4) is 0 Å². The van der Waals surface area contributed by atoms with Gasteiger partial charge in [0, 0.05) is 9.86 Å². The Labute approximate surface area is 136 Å². The van der Waals surface area contributed by atoms with Gasteiger partial charge in [0.05, 0.1) is 24.3 Å². The second-order valence-corrected chi connectivity index (χ2v) is 5.54. The first-order valence-electron chi connectivity index (χ1n) is 6.93. The molecule has 0 atom stereocenters. The Bertz CT molecular complexity index is 742. The van der Waals surface area contributed by atoms with Gasteiger partial charge in [-0.25, -0.2) is 14.6 Å². The molecule has 22 heavy (non-hydrogen) atoms. The quantitative estimate of drug-likeness (QED) is 0.773. The molecule has 1 aromatic heterocycles. The fourth-order valence-electron chi connectivity index (χ4n) is 2.14. The number of fused-ring (bicyclic) bond motifs is 1. The fraction of sp³-hybridized carbons (Fsp3) is 0.312. The lowest BCUT2D eigenvalue weighted by Gasteiger charge is -2.11. The lowest BCUT2D eigenvalue weighted by atomic mass is 10.1. The predicted octanol–water partition coefficient (Wildman–Crippen LogP) is 3.66. The maximum atomic E-state index is 12.1. The number of aryl methyl sites for hydroxylation is 1. The first-order valence-corrected chi connectivity index (χ1v) is 7.72. The van der Waals surface area contributed by atoms with Crippen molar-refractivity contribution in [2.45, 2.75) is 20.8 Å². The van der Waals surface area contributed by atoms with E-state index in [0.717, 1.165) is 15.4 Å². The number of ether oxygens (including phenoxy) is 2. The highest BCUT2D eigenvalue weighted by Crippen LogP contribution is 2.25. The van der Waals surface area contributed by atoms with Crippen LogP contribution in [0.4, 0.5) is 0 Å². The number of carbonyl (C=O) groups is 2. The summed E-state index contributed by atoms with van der Waals surface area (Å²) >= 11 is 3.41. The van der Waals surface area contributed by atoms with Crippen LogP contribution in [-0.2, 0) is 9.47 Å². The van der Waals surface area contributed by atoms with Crippen LogP contribution in [-0.4, -0.2) is 30.1 Å². The maximum Gasteiger partial charge on any atom is 0.357 e. The van der Waals surface area contributed by atoms with E-state index in [1.165, 1.54) is 0 Å². The van der Waals surface area contributed by atoms with Crippen LogP contribution >= 0.6 is 15.9 Å². The normalized spacial score (nSPS) is 10.5. The third-order valence-corrected chi connectivity index (χ3v) is 3.50. The molecule has 0 radical (unpaired) electrons. The first-order chi connectivity index (χ1) is 10.5. The number of esters is 2. The Kier molecular flexibility index (Phi) is 5.13. The molecule has 5 nitrogen and oxygen atoms in total. The van der Waals surface area contributed by atoms with Gasteiger partial charge in [-0.3, -0.25) is 0 Å². The molecule has 0 aliphatic heterocycles. The van der Waals surface area contributed by atoms with Gasteiger partial charge >= 0.3 is 11.9 Å². The van der Waals surface area contributed by atoms with Gasteiger partial charge in [-0.2, -0.15) is 0 Å². The molecule has 0 saturated carbocycles. The Balaban J connectivity index is 2.70. The standard InChI is InChI=1S/C16H16BrNO4/c1-4-21-15(19)12-8-10-7-11(17)6-9(3)13(10)18-14(12)16(20)22-5-2/h6-8H,4-5H2,1-3H3. The molecule has 2 rings (SSSR count). The zero-order chi connectivity index (χ0) is 16.3. The molecular weight excluding hydrogens is 350 g/mol. The number of aromatic nitrogens is 1. The Morgan fingerprint density at radius 1 is 1.09 bits per heavy atom. The van der Waals surface area contributed by atoms with Crippen molar-refractivity contribution in [2.75, 3.05) is 13.2 Å². The van der Waals surface area contributed by atoms with E-state index < -0.39 is 11.9 Å². The summed E-state index contributed by atoms with van der Waals surface area (Å²) < 4.78 is 10.9. The number of hydrogen-bond donors (Lipinski definition) is 0. The molecule has 0 spiro atoms. The minimum absolute atomic E-state index is 0.0155. The van der Waals surface area contributed by atoms with E-state index in [1.54, 1.807) is 19.9 Å². The van der Waals surface area contributed by atoms with E-state index in [0.29, 0.717) is 5.52 Å².